The van der Waals surface area contributed by atoms with E-state index in [1.165, 1.54) is 29.6 Å². The zero-order valence-corrected chi connectivity index (χ0v) is 20.4. The molecule has 35 heavy (non-hydrogen) atoms. The van der Waals surface area contributed by atoms with E-state index < -0.39 is 0 Å². The van der Waals surface area contributed by atoms with Crippen LogP contribution in [0.2, 0.25) is 5.02 Å². The lowest BCUT2D eigenvalue weighted by Gasteiger charge is -2.30. The van der Waals surface area contributed by atoms with E-state index in [9.17, 15) is 9.90 Å². The van der Waals surface area contributed by atoms with Crippen molar-refractivity contribution in [3.63, 3.8) is 0 Å². The fourth-order valence-electron chi connectivity index (χ4n) is 4.94. The molecule has 0 fully saturated rings. The minimum atomic E-state index is -0.212. The van der Waals surface area contributed by atoms with Crippen LogP contribution >= 0.6 is 22.9 Å². The van der Waals surface area contributed by atoms with Crippen LogP contribution in [0.15, 0.2) is 82.1 Å². The Bertz CT molecular complexity index is 1690. The van der Waals surface area contributed by atoms with Crippen LogP contribution in [0, 0.1) is 0 Å². The monoisotopic (exact) mass is 500 g/mol. The Balaban J connectivity index is 1.61. The van der Waals surface area contributed by atoms with Gasteiger partial charge in [0.25, 0.3) is 5.56 Å². The van der Waals surface area contributed by atoms with Crippen LogP contribution in [0.25, 0.3) is 11.8 Å². The lowest BCUT2D eigenvalue weighted by Crippen LogP contribution is -2.38. The molecule has 7 heteroatoms. The number of hydrogen-bond donors (Lipinski definition) is 1. The number of aromatic hydroxyl groups is 1. The average Bonchev–Trinajstić information content (AvgIpc) is 3.19. The number of fused-ring (bicyclic) bond motifs is 3. The summed E-state index contributed by atoms with van der Waals surface area (Å²) in [7, 11) is 1.46. The second-order valence-corrected chi connectivity index (χ2v) is 9.99. The Morgan fingerprint density at radius 3 is 2.69 bits per heavy atom. The van der Waals surface area contributed by atoms with Gasteiger partial charge in [-0.3, -0.25) is 9.36 Å². The van der Waals surface area contributed by atoms with Crippen LogP contribution in [0.4, 0.5) is 0 Å². The fourth-order valence-corrected chi connectivity index (χ4v) is 6.16. The van der Waals surface area contributed by atoms with Gasteiger partial charge in [0.2, 0.25) is 0 Å². The Morgan fingerprint density at radius 2 is 1.89 bits per heavy atom. The molecular weight excluding hydrogens is 480 g/mol. The molecule has 0 unspecified atom stereocenters. The maximum atomic E-state index is 13.8. The molecule has 0 radical (unpaired) electrons. The summed E-state index contributed by atoms with van der Waals surface area (Å²) >= 11 is 7.54. The van der Waals surface area contributed by atoms with Crippen molar-refractivity contribution in [1.29, 1.82) is 0 Å². The van der Waals surface area contributed by atoms with E-state index in [1.54, 1.807) is 18.2 Å². The first-order chi connectivity index (χ1) is 17.0. The minimum absolute atomic E-state index is 0.101. The van der Waals surface area contributed by atoms with E-state index in [-0.39, 0.29) is 28.1 Å². The summed E-state index contributed by atoms with van der Waals surface area (Å²) in [5.74, 6) is 0.133. The first-order valence-electron chi connectivity index (χ1n) is 11.3. The SMILES string of the molecule is COc1cc(/C=c2\sc3n(c2=O)[C@@H](c2ccccc2)C2=C(N=3)c3ccccc3CC2)cc(Cl)c1O. The molecule has 0 bridgehead atoms. The third-order valence-corrected chi connectivity index (χ3v) is 7.83. The number of phenolic OH excluding ortho intramolecular Hbond substituents is 1. The highest BCUT2D eigenvalue weighted by Crippen LogP contribution is 2.41. The topological polar surface area (TPSA) is 63.8 Å². The van der Waals surface area contributed by atoms with Crippen molar-refractivity contribution >= 4 is 34.7 Å². The minimum Gasteiger partial charge on any atom is -0.503 e. The zero-order valence-electron chi connectivity index (χ0n) is 18.9. The summed E-state index contributed by atoms with van der Waals surface area (Å²) in [6.07, 6.45) is 3.55. The molecule has 2 heterocycles. The highest BCUT2D eigenvalue weighted by molar-refractivity contribution is 7.07. The van der Waals surface area contributed by atoms with E-state index in [0.29, 0.717) is 14.9 Å². The highest BCUT2D eigenvalue weighted by Gasteiger charge is 2.32. The van der Waals surface area contributed by atoms with E-state index in [4.69, 9.17) is 21.3 Å². The molecule has 0 spiro atoms. The predicted octanol–water partition coefficient (Wildman–Crippen LogP) is 4.69. The number of thiazole rings is 1. The van der Waals surface area contributed by atoms with Crippen molar-refractivity contribution in [3.8, 4) is 11.5 Å². The van der Waals surface area contributed by atoms with Crippen molar-refractivity contribution in [3.05, 3.63) is 119 Å². The summed E-state index contributed by atoms with van der Waals surface area (Å²) in [6.45, 7) is 0. The van der Waals surface area contributed by atoms with Crippen LogP contribution in [0.1, 0.15) is 34.7 Å². The Labute approximate surface area is 210 Å². The molecule has 1 N–H and O–H groups in total. The number of allylic oxidation sites excluding steroid dienone is 1. The number of phenols is 1. The van der Waals surface area contributed by atoms with E-state index in [1.807, 2.05) is 28.8 Å². The van der Waals surface area contributed by atoms with Gasteiger partial charge in [0.05, 0.1) is 28.4 Å². The first kappa shape index (κ1) is 21.9. The van der Waals surface area contributed by atoms with Gasteiger partial charge in [-0.1, -0.05) is 77.5 Å². The number of methoxy groups -OCH3 is 1. The normalized spacial score (nSPS) is 16.9. The van der Waals surface area contributed by atoms with Crippen molar-refractivity contribution in [1.82, 2.24) is 4.57 Å². The number of aromatic nitrogens is 1. The standard InChI is InChI=1S/C28H21ClN2O3S/c1-34-22-14-16(13-21(29)26(22)32)15-23-27(33)31-25(18-8-3-2-4-9-18)20-12-11-17-7-5-6-10-19(17)24(20)30-28(31)35-23/h2-10,13-15,25,32H,11-12H2,1H3/b23-15-/t25-/m0/s1. The van der Waals surface area contributed by atoms with Crippen molar-refractivity contribution in [2.24, 2.45) is 4.99 Å². The van der Waals surface area contributed by atoms with Crippen molar-refractivity contribution in [2.75, 3.05) is 7.11 Å². The number of nitrogens with zero attached hydrogens (tertiary/aromatic N) is 2. The third kappa shape index (κ3) is 3.61. The number of halogens is 1. The molecule has 3 aromatic carbocycles. The molecule has 0 saturated heterocycles. The second-order valence-electron chi connectivity index (χ2n) is 8.58. The number of aryl methyl sites for hydroxylation is 1. The van der Waals surface area contributed by atoms with Crippen LogP contribution in [0.3, 0.4) is 0 Å². The maximum Gasteiger partial charge on any atom is 0.271 e. The summed E-state index contributed by atoms with van der Waals surface area (Å²) in [5.41, 5.74) is 6.20. The van der Waals surface area contributed by atoms with Crippen molar-refractivity contribution in [2.45, 2.75) is 18.9 Å². The Kier molecular flexibility index (Phi) is 5.35. The molecule has 174 valence electrons. The summed E-state index contributed by atoms with van der Waals surface area (Å²) < 4.78 is 7.59. The van der Waals surface area contributed by atoms with Gasteiger partial charge in [-0.25, -0.2) is 4.99 Å². The van der Waals surface area contributed by atoms with Crippen LogP contribution < -0.4 is 19.6 Å². The smallest absolute Gasteiger partial charge is 0.271 e. The van der Waals surface area contributed by atoms with Crippen LogP contribution in [0.5, 0.6) is 11.5 Å². The molecule has 6 rings (SSSR count). The van der Waals surface area contributed by atoms with Crippen LogP contribution in [-0.4, -0.2) is 16.8 Å². The molecule has 1 aliphatic carbocycles. The fraction of sp³-hybridized carbons (Fsp3) is 0.143. The zero-order chi connectivity index (χ0) is 24.1. The number of rotatable bonds is 3. The average molecular weight is 501 g/mol. The second kappa shape index (κ2) is 8.56. The molecule has 1 aliphatic heterocycles. The van der Waals surface area contributed by atoms with E-state index in [0.717, 1.165) is 29.7 Å². The summed E-state index contributed by atoms with van der Waals surface area (Å²) in [5, 5.41) is 10.2. The molecule has 2 aliphatic rings. The highest BCUT2D eigenvalue weighted by atomic mass is 35.5. The van der Waals surface area contributed by atoms with E-state index in [2.05, 4.69) is 30.3 Å². The van der Waals surface area contributed by atoms with Gasteiger partial charge in [0, 0.05) is 5.56 Å². The van der Waals surface area contributed by atoms with Gasteiger partial charge in [0.1, 0.15) is 0 Å². The molecular formula is C28H21ClN2O3S. The quantitative estimate of drug-likeness (QED) is 0.444. The number of hydrogen-bond acceptors (Lipinski definition) is 5. The predicted molar refractivity (Wildman–Crippen MR) is 139 cm³/mol. The van der Waals surface area contributed by atoms with Crippen LogP contribution in [-0.2, 0) is 6.42 Å². The van der Waals surface area contributed by atoms with Gasteiger partial charge in [-0.2, -0.15) is 0 Å². The lowest BCUT2D eigenvalue weighted by atomic mass is 9.83. The Hall–Kier alpha value is -3.61. The van der Waals surface area contributed by atoms with Crippen molar-refractivity contribution < 1.29 is 9.84 Å². The third-order valence-electron chi connectivity index (χ3n) is 6.56. The van der Waals surface area contributed by atoms with E-state index >= 15 is 0 Å². The first-order valence-corrected chi connectivity index (χ1v) is 12.5. The molecule has 1 atom stereocenters. The largest absolute Gasteiger partial charge is 0.503 e. The Morgan fingerprint density at radius 1 is 1.11 bits per heavy atom. The molecule has 5 nitrogen and oxygen atoms in total. The molecule has 4 aromatic rings. The maximum absolute atomic E-state index is 13.8. The van der Waals surface area contributed by atoms with Gasteiger partial charge >= 0.3 is 0 Å². The van der Waals surface area contributed by atoms with Gasteiger partial charge in [0.15, 0.2) is 16.3 Å². The lowest BCUT2D eigenvalue weighted by molar-refractivity contribution is 0.373. The van der Waals surface area contributed by atoms with Gasteiger partial charge in [-0.15, -0.1) is 0 Å². The van der Waals surface area contributed by atoms with Gasteiger partial charge < -0.3 is 9.84 Å². The molecule has 0 amide bonds. The molecule has 0 saturated carbocycles. The number of benzene rings is 3. The molecule has 1 aromatic heterocycles. The summed E-state index contributed by atoms with van der Waals surface area (Å²) in [4.78, 5) is 19.5. The van der Waals surface area contributed by atoms with Gasteiger partial charge in [-0.05, 0) is 53.3 Å². The summed E-state index contributed by atoms with van der Waals surface area (Å²) in [6, 6.07) is 21.6. The number of ether oxygens (including phenoxy) is 1.